The number of hydrogen-bond donors (Lipinski definition) is 1. The standard InChI is InChI=1S/C22H31ClN6O3/c1-22(2,3)32-21(30)28-8-4-5-16(14-28)26-19-18(12-24-20(23)27-19)15-11-25-29(13-15)17-6-9-31-10-7-17/h11-13,16-17H,4-10,14H2,1-3H3,(H,24,26,27). The average Bonchev–Trinajstić information content (AvgIpc) is 3.23. The van der Waals surface area contributed by atoms with Crippen molar-refractivity contribution in [2.45, 2.75) is 64.1 Å². The van der Waals surface area contributed by atoms with Crippen molar-refractivity contribution in [2.24, 2.45) is 0 Å². The molecule has 2 aromatic rings. The summed E-state index contributed by atoms with van der Waals surface area (Å²) in [6.45, 7) is 8.36. The molecule has 174 valence electrons. The summed E-state index contributed by atoms with van der Waals surface area (Å²) in [6, 6.07) is 0.370. The first kappa shape index (κ1) is 22.8. The van der Waals surface area contributed by atoms with Gasteiger partial charge in [-0.25, -0.2) is 14.8 Å². The average molecular weight is 463 g/mol. The lowest BCUT2D eigenvalue weighted by molar-refractivity contribution is 0.0206. The van der Waals surface area contributed by atoms with Crippen molar-refractivity contribution in [1.82, 2.24) is 24.6 Å². The Morgan fingerprint density at radius 3 is 2.78 bits per heavy atom. The van der Waals surface area contributed by atoms with Crippen LogP contribution in [-0.2, 0) is 9.47 Å². The normalized spacial score (nSPS) is 20.2. The number of nitrogens with one attached hydrogen (secondary N) is 1. The van der Waals surface area contributed by atoms with Gasteiger partial charge < -0.3 is 19.7 Å². The Kier molecular flexibility index (Phi) is 6.85. The quantitative estimate of drug-likeness (QED) is 0.681. The largest absolute Gasteiger partial charge is 0.444 e. The second-order valence-electron chi connectivity index (χ2n) is 9.36. The van der Waals surface area contributed by atoms with Crippen molar-refractivity contribution in [3.05, 3.63) is 23.9 Å². The summed E-state index contributed by atoms with van der Waals surface area (Å²) in [7, 11) is 0. The number of carbonyl (C=O) groups is 1. The summed E-state index contributed by atoms with van der Waals surface area (Å²) in [6.07, 6.45) is 9.00. The minimum Gasteiger partial charge on any atom is -0.444 e. The number of anilines is 1. The first-order valence-electron chi connectivity index (χ1n) is 11.2. The van der Waals surface area contributed by atoms with Crippen molar-refractivity contribution in [3.63, 3.8) is 0 Å². The molecule has 0 spiro atoms. The smallest absolute Gasteiger partial charge is 0.410 e. The number of amides is 1. The van der Waals surface area contributed by atoms with E-state index in [1.807, 2.05) is 37.8 Å². The number of halogens is 1. The number of piperidine rings is 1. The van der Waals surface area contributed by atoms with Gasteiger partial charge in [-0.1, -0.05) is 0 Å². The van der Waals surface area contributed by atoms with Crippen LogP contribution in [0.5, 0.6) is 0 Å². The molecular formula is C22H31ClN6O3. The van der Waals surface area contributed by atoms with Crippen LogP contribution in [-0.4, -0.2) is 68.7 Å². The lowest BCUT2D eigenvalue weighted by Gasteiger charge is -2.34. The van der Waals surface area contributed by atoms with Gasteiger partial charge in [0.15, 0.2) is 0 Å². The summed E-state index contributed by atoms with van der Waals surface area (Å²) in [5, 5.41) is 8.23. The fourth-order valence-electron chi connectivity index (χ4n) is 4.09. The van der Waals surface area contributed by atoms with Gasteiger partial charge in [0.25, 0.3) is 0 Å². The fourth-order valence-corrected chi connectivity index (χ4v) is 4.22. The first-order chi connectivity index (χ1) is 15.3. The number of likely N-dealkylation sites (tertiary alicyclic amines) is 1. The predicted octanol–water partition coefficient (Wildman–Crippen LogP) is 4.16. The van der Waals surface area contributed by atoms with E-state index in [-0.39, 0.29) is 17.4 Å². The molecule has 4 rings (SSSR count). The molecule has 2 aliphatic heterocycles. The maximum Gasteiger partial charge on any atom is 0.410 e. The third kappa shape index (κ3) is 5.69. The number of ether oxygens (including phenoxy) is 2. The van der Waals surface area contributed by atoms with E-state index in [4.69, 9.17) is 21.1 Å². The van der Waals surface area contributed by atoms with E-state index in [2.05, 4.69) is 20.4 Å². The highest BCUT2D eigenvalue weighted by molar-refractivity contribution is 6.28. The van der Waals surface area contributed by atoms with Crippen molar-refractivity contribution in [3.8, 4) is 11.1 Å². The van der Waals surface area contributed by atoms with Gasteiger partial charge in [-0.3, -0.25) is 4.68 Å². The van der Waals surface area contributed by atoms with Crippen LogP contribution >= 0.6 is 11.6 Å². The molecule has 0 saturated carbocycles. The van der Waals surface area contributed by atoms with E-state index in [1.165, 1.54) is 0 Å². The van der Waals surface area contributed by atoms with Crippen molar-refractivity contribution >= 4 is 23.5 Å². The van der Waals surface area contributed by atoms with E-state index in [0.29, 0.717) is 24.9 Å². The third-order valence-electron chi connectivity index (χ3n) is 5.65. The Bertz CT molecular complexity index is 938. The molecule has 1 N–H and O–H groups in total. The highest BCUT2D eigenvalue weighted by atomic mass is 35.5. The zero-order valence-corrected chi connectivity index (χ0v) is 19.6. The fraction of sp³-hybridized carbons (Fsp3) is 0.636. The predicted molar refractivity (Wildman–Crippen MR) is 122 cm³/mol. The summed E-state index contributed by atoms with van der Waals surface area (Å²) < 4.78 is 13.0. The Hall–Kier alpha value is -2.39. The molecule has 0 bridgehead atoms. The first-order valence-corrected chi connectivity index (χ1v) is 11.6. The minimum atomic E-state index is -0.518. The molecule has 1 atom stereocenters. The Morgan fingerprint density at radius 1 is 1.25 bits per heavy atom. The van der Waals surface area contributed by atoms with E-state index in [0.717, 1.165) is 50.0 Å². The van der Waals surface area contributed by atoms with Crippen LogP contribution in [0.1, 0.15) is 52.5 Å². The Labute approximate surface area is 193 Å². The third-order valence-corrected chi connectivity index (χ3v) is 5.83. The Balaban J connectivity index is 1.49. The maximum absolute atomic E-state index is 12.5. The van der Waals surface area contributed by atoms with Crippen LogP contribution in [0.25, 0.3) is 11.1 Å². The molecule has 0 aliphatic carbocycles. The molecule has 9 nitrogen and oxygen atoms in total. The number of rotatable bonds is 4. The minimum absolute atomic E-state index is 0.0338. The molecule has 2 saturated heterocycles. The number of hydrogen-bond acceptors (Lipinski definition) is 7. The van der Waals surface area contributed by atoms with Crippen LogP contribution in [0.3, 0.4) is 0 Å². The zero-order chi connectivity index (χ0) is 22.7. The second-order valence-corrected chi connectivity index (χ2v) is 9.70. The van der Waals surface area contributed by atoms with Crippen LogP contribution < -0.4 is 5.32 Å². The lowest BCUT2D eigenvalue weighted by Crippen LogP contribution is -2.47. The van der Waals surface area contributed by atoms with Crippen molar-refractivity contribution < 1.29 is 14.3 Å². The molecule has 4 heterocycles. The molecule has 2 fully saturated rings. The van der Waals surface area contributed by atoms with Gasteiger partial charge in [-0.05, 0) is 58.1 Å². The van der Waals surface area contributed by atoms with E-state index in [1.54, 1.807) is 11.1 Å². The van der Waals surface area contributed by atoms with Crippen LogP contribution in [0.2, 0.25) is 5.28 Å². The highest BCUT2D eigenvalue weighted by Crippen LogP contribution is 2.30. The Morgan fingerprint density at radius 2 is 2.03 bits per heavy atom. The second kappa shape index (κ2) is 9.62. The molecule has 32 heavy (non-hydrogen) atoms. The van der Waals surface area contributed by atoms with Gasteiger partial charge in [0.1, 0.15) is 11.4 Å². The van der Waals surface area contributed by atoms with Crippen LogP contribution in [0.4, 0.5) is 10.6 Å². The molecular weight excluding hydrogens is 432 g/mol. The van der Waals surface area contributed by atoms with Crippen molar-refractivity contribution in [2.75, 3.05) is 31.6 Å². The van der Waals surface area contributed by atoms with Gasteiger partial charge in [-0.15, -0.1) is 0 Å². The van der Waals surface area contributed by atoms with E-state index in [9.17, 15) is 4.79 Å². The van der Waals surface area contributed by atoms with Gasteiger partial charge in [0.05, 0.1) is 12.2 Å². The van der Waals surface area contributed by atoms with Gasteiger partial charge in [0, 0.05) is 55.9 Å². The summed E-state index contributed by atoms with van der Waals surface area (Å²) in [5.74, 6) is 0.646. The molecule has 0 aromatic carbocycles. The van der Waals surface area contributed by atoms with Crippen molar-refractivity contribution in [1.29, 1.82) is 0 Å². The number of aromatic nitrogens is 4. The molecule has 2 aromatic heterocycles. The van der Waals surface area contributed by atoms with Gasteiger partial charge in [0.2, 0.25) is 5.28 Å². The van der Waals surface area contributed by atoms with E-state index < -0.39 is 5.60 Å². The molecule has 10 heteroatoms. The summed E-state index contributed by atoms with van der Waals surface area (Å²) in [4.78, 5) is 22.9. The van der Waals surface area contributed by atoms with Gasteiger partial charge >= 0.3 is 6.09 Å². The zero-order valence-electron chi connectivity index (χ0n) is 18.9. The lowest BCUT2D eigenvalue weighted by atomic mass is 10.1. The maximum atomic E-state index is 12.5. The SMILES string of the molecule is CC(C)(C)OC(=O)N1CCCC(Nc2nc(Cl)ncc2-c2cnn(C3CCOCC3)c2)C1. The summed E-state index contributed by atoms with van der Waals surface area (Å²) in [5.41, 5.74) is 1.24. The van der Waals surface area contributed by atoms with Crippen LogP contribution in [0, 0.1) is 0 Å². The summed E-state index contributed by atoms with van der Waals surface area (Å²) >= 11 is 6.12. The molecule has 2 aliphatic rings. The number of nitrogens with zero attached hydrogens (tertiary/aromatic N) is 5. The topological polar surface area (TPSA) is 94.4 Å². The number of carbonyl (C=O) groups excluding carboxylic acids is 1. The molecule has 1 unspecified atom stereocenters. The molecule has 0 radical (unpaired) electrons. The van der Waals surface area contributed by atoms with Crippen LogP contribution in [0.15, 0.2) is 18.6 Å². The van der Waals surface area contributed by atoms with E-state index >= 15 is 0 Å². The highest BCUT2D eigenvalue weighted by Gasteiger charge is 2.28. The molecule has 1 amide bonds. The van der Waals surface area contributed by atoms with Gasteiger partial charge in [-0.2, -0.15) is 5.10 Å². The monoisotopic (exact) mass is 462 g/mol.